The largest absolute Gasteiger partial charge is 0.312 e. The monoisotopic (exact) mass is 317 g/mol. The molecule has 0 radical (unpaired) electrons. The van der Waals surface area contributed by atoms with Crippen molar-refractivity contribution in [1.82, 2.24) is 5.32 Å². The molecule has 1 aliphatic heterocycles. The lowest BCUT2D eigenvalue weighted by atomic mass is 10.1. The molecule has 0 spiro atoms. The molecule has 2 aromatic rings. The number of rotatable bonds is 2. The average molecular weight is 317 g/mol. The van der Waals surface area contributed by atoms with Crippen LogP contribution in [0.4, 0.5) is 5.00 Å². The molecule has 2 N–H and O–H groups in total. The smallest absolute Gasteiger partial charge is 0.266 e. The minimum Gasteiger partial charge on any atom is -0.312 e. The molecule has 0 bridgehead atoms. The first-order valence-corrected chi connectivity index (χ1v) is 8.37. The van der Waals surface area contributed by atoms with Gasteiger partial charge in [-0.2, -0.15) is 5.26 Å². The van der Waals surface area contributed by atoms with Crippen LogP contribution in [0.25, 0.3) is 0 Å². The summed E-state index contributed by atoms with van der Waals surface area (Å²) < 4.78 is 0. The maximum absolute atomic E-state index is 12.3. The molecule has 0 fully saturated rings. The molecule has 0 atom stereocenters. The van der Waals surface area contributed by atoms with Crippen LogP contribution in [0.5, 0.6) is 0 Å². The molecule has 21 heavy (non-hydrogen) atoms. The van der Waals surface area contributed by atoms with E-state index in [-0.39, 0.29) is 5.91 Å². The Morgan fingerprint density at radius 3 is 2.90 bits per heavy atom. The zero-order chi connectivity index (χ0) is 15.0. The number of nitrogens with zero attached hydrogens (tertiary/aromatic N) is 1. The van der Waals surface area contributed by atoms with Crippen LogP contribution in [0.15, 0.2) is 6.07 Å². The van der Waals surface area contributed by atoms with Gasteiger partial charge in [0.1, 0.15) is 11.1 Å². The summed E-state index contributed by atoms with van der Waals surface area (Å²) in [4.78, 5) is 15.3. The lowest BCUT2D eigenvalue weighted by Crippen LogP contribution is -2.22. The SMILES string of the molecule is Cc1cc(C(=O)Nc2sc3c(c2C#N)CCNC3)sc1C. The molecule has 108 valence electrons. The van der Waals surface area contributed by atoms with Gasteiger partial charge in [-0.15, -0.1) is 22.7 Å². The Morgan fingerprint density at radius 2 is 2.24 bits per heavy atom. The Bertz CT molecular complexity index is 732. The van der Waals surface area contributed by atoms with Crippen molar-refractivity contribution in [3.8, 4) is 6.07 Å². The molecule has 1 amide bonds. The third kappa shape index (κ3) is 2.60. The summed E-state index contributed by atoms with van der Waals surface area (Å²) in [5.74, 6) is -0.126. The first-order chi connectivity index (χ1) is 10.1. The predicted molar refractivity (Wildman–Crippen MR) is 86.2 cm³/mol. The number of fused-ring (bicyclic) bond motifs is 1. The van der Waals surface area contributed by atoms with Crippen molar-refractivity contribution in [2.24, 2.45) is 0 Å². The van der Waals surface area contributed by atoms with Gasteiger partial charge in [0.25, 0.3) is 5.91 Å². The first kappa shape index (κ1) is 14.3. The van der Waals surface area contributed by atoms with Gasteiger partial charge in [0.2, 0.25) is 0 Å². The molecule has 4 nitrogen and oxygen atoms in total. The first-order valence-electron chi connectivity index (χ1n) is 6.74. The van der Waals surface area contributed by atoms with Crippen LogP contribution in [-0.4, -0.2) is 12.5 Å². The van der Waals surface area contributed by atoms with Crippen molar-refractivity contribution >= 4 is 33.6 Å². The third-order valence-corrected chi connectivity index (χ3v) is 5.96. The Kier molecular flexibility index (Phi) is 3.81. The van der Waals surface area contributed by atoms with E-state index >= 15 is 0 Å². The molecule has 0 aromatic carbocycles. The summed E-state index contributed by atoms with van der Waals surface area (Å²) in [6.45, 7) is 5.67. The minimum atomic E-state index is -0.126. The van der Waals surface area contributed by atoms with Crippen LogP contribution in [0.1, 0.15) is 36.1 Å². The maximum atomic E-state index is 12.3. The maximum Gasteiger partial charge on any atom is 0.266 e. The molecule has 0 saturated heterocycles. The van der Waals surface area contributed by atoms with Gasteiger partial charge in [0.05, 0.1) is 10.4 Å². The van der Waals surface area contributed by atoms with Crippen molar-refractivity contribution in [2.75, 3.05) is 11.9 Å². The number of carbonyl (C=O) groups is 1. The minimum absolute atomic E-state index is 0.126. The van der Waals surface area contributed by atoms with E-state index in [2.05, 4.69) is 16.7 Å². The van der Waals surface area contributed by atoms with Crippen molar-refractivity contribution in [3.63, 3.8) is 0 Å². The van der Waals surface area contributed by atoms with Crippen LogP contribution in [0, 0.1) is 25.2 Å². The number of hydrogen-bond donors (Lipinski definition) is 2. The highest BCUT2D eigenvalue weighted by Gasteiger charge is 2.22. The molecule has 3 heterocycles. The van der Waals surface area contributed by atoms with E-state index < -0.39 is 0 Å². The molecule has 0 aliphatic carbocycles. The van der Waals surface area contributed by atoms with Gasteiger partial charge < -0.3 is 10.6 Å². The molecule has 1 aliphatic rings. The Morgan fingerprint density at radius 1 is 1.43 bits per heavy atom. The van der Waals surface area contributed by atoms with E-state index in [9.17, 15) is 10.1 Å². The number of nitrogens with one attached hydrogen (secondary N) is 2. The summed E-state index contributed by atoms with van der Waals surface area (Å²) in [5, 5.41) is 16.3. The fourth-order valence-corrected chi connectivity index (χ4v) is 4.48. The highest BCUT2D eigenvalue weighted by molar-refractivity contribution is 7.17. The lowest BCUT2D eigenvalue weighted by molar-refractivity contribution is 0.103. The van der Waals surface area contributed by atoms with E-state index in [4.69, 9.17) is 0 Å². The molecular formula is C15H15N3OS2. The van der Waals surface area contributed by atoms with Crippen LogP contribution in [-0.2, 0) is 13.0 Å². The number of amides is 1. The number of thiophene rings is 2. The van der Waals surface area contributed by atoms with E-state index in [0.717, 1.165) is 40.4 Å². The molecule has 2 aromatic heterocycles. The van der Waals surface area contributed by atoms with Crippen molar-refractivity contribution < 1.29 is 4.79 Å². The second-order valence-corrected chi connectivity index (χ2v) is 7.41. The third-order valence-electron chi connectivity index (χ3n) is 3.66. The van der Waals surface area contributed by atoms with Crippen LogP contribution in [0.3, 0.4) is 0 Å². The van der Waals surface area contributed by atoms with E-state index in [1.807, 2.05) is 19.9 Å². The summed E-state index contributed by atoms with van der Waals surface area (Å²) >= 11 is 3.00. The second kappa shape index (κ2) is 5.60. The lowest BCUT2D eigenvalue weighted by Gasteiger charge is -2.11. The van der Waals surface area contributed by atoms with Crippen LogP contribution in [0.2, 0.25) is 0 Å². The number of anilines is 1. The topological polar surface area (TPSA) is 64.9 Å². The van der Waals surface area contributed by atoms with Crippen molar-refractivity contribution in [2.45, 2.75) is 26.8 Å². The van der Waals surface area contributed by atoms with Gasteiger partial charge in [0, 0.05) is 16.3 Å². The Labute approximate surface area is 131 Å². The van der Waals surface area contributed by atoms with Crippen LogP contribution < -0.4 is 10.6 Å². The van der Waals surface area contributed by atoms with Crippen molar-refractivity contribution in [3.05, 3.63) is 37.4 Å². The average Bonchev–Trinajstić information content (AvgIpc) is 2.99. The normalized spacial score (nSPS) is 13.6. The number of aryl methyl sites for hydroxylation is 2. The zero-order valence-electron chi connectivity index (χ0n) is 11.9. The van der Waals surface area contributed by atoms with Gasteiger partial charge in [0.15, 0.2) is 0 Å². The molecule has 0 unspecified atom stereocenters. The van der Waals surface area contributed by atoms with E-state index in [0.29, 0.717) is 15.4 Å². The van der Waals surface area contributed by atoms with E-state index in [1.165, 1.54) is 22.7 Å². The molecule has 6 heteroatoms. The van der Waals surface area contributed by atoms with Crippen molar-refractivity contribution in [1.29, 1.82) is 5.26 Å². The second-order valence-electron chi connectivity index (χ2n) is 5.05. The van der Waals surface area contributed by atoms with Gasteiger partial charge >= 0.3 is 0 Å². The Balaban J connectivity index is 1.90. The molecular weight excluding hydrogens is 302 g/mol. The Hall–Kier alpha value is -1.68. The van der Waals surface area contributed by atoms with Gasteiger partial charge in [-0.05, 0) is 44.0 Å². The predicted octanol–water partition coefficient (Wildman–Crippen LogP) is 3.20. The van der Waals surface area contributed by atoms with E-state index in [1.54, 1.807) is 0 Å². The number of carbonyl (C=O) groups excluding carboxylic acids is 1. The standard InChI is InChI=1S/C15H15N3OS2/c1-8-5-12(20-9(8)2)14(19)18-15-11(6-16)10-3-4-17-7-13(10)21-15/h5,17H,3-4,7H2,1-2H3,(H,18,19). The summed E-state index contributed by atoms with van der Waals surface area (Å²) in [7, 11) is 0. The summed E-state index contributed by atoms with van der Waals surface area (Å²) in [6, 6.07) is 4.15. The molecule has 0 saturated carbocycles. The highest BCUT2D eigenvalue weighted by Crippen LogP contribution is 2.35. The number of nitriles is 1. The highest BCUT2D eigenvalue weighted by atomic mass is 32.1. The summed E-state index contributed by atoms with van der Waals surface area (Å²) in [6.07, 6.45) is 0.849. The van der Waals surface area contributed by atoms with Gasteiger partial charge in [-0.25, -0.2) is 0 Å². The summed E-state index contributed by atoms with van der Waals surface area (Å²) in [5.41, 5.74) is 2.85. The van der Waals surface area contributed by atoms with Crippen LogP contribution >= 0.6 is 22.7 Å². The fraction of sp³-hybridized carbons (Fsp3) is 0.333. The number of hydrogen-bond acceptors (Lipinski definition) is 5. The fourth-order valence-electron chi connectivity index (χ4n) is 2.39. The molecule has 3 rings (SSSR count). The van der Waals surface area contributed by atoms with Gasteiger partial charge in [-0.1, -0.05) is 0 Å². The quantitative estimate of drug-likeness (QED) is 0.894. The van der Waals surface area contributed by atoms with Gasteiger partial charge in [-0.3, -0.25) is 4.79 Å². The zero-order valence-corrected chi connectivity index (χ0v) is 13.5.